The number of alkyl halides is 1. The fourth-order valence-corrected chi connectivity index (χ4v) is 1.01. The van der Waals surface area contributed by atoms with Crippen LogP contribution in [0.5, 0.6) is 0 Å². The van der Waals surface area contributed by atoms with Crippen LogP contribution in [-0.4, -0.2) is 15.4 Å². The van der Waals surface area contributed by atoms with Crippen LogP contribution in [0.3, 0.4) is 0 Å². The van der Waals surface area contributed by atoms with E-state index in [0.717, 1.165) is 11.4 Å². The molecule has 0 bridgehead atoms. The number of halogens is 2. The summed E-state index contributed by atoms with van der Waals surface area (Å²) in [5, 5.41) is 0.628. The molecule has 0 saturated carbocycles. The predicted octanol–water partition coefficient (Wildman–Crippen LogP) is 2.72. The van der Waals surface area contributed by atoms with Crippen molar-refractivity contribution >= 4 is 29.3 Å². The zero-order chi connectivity index (χ0) is 9.14. The molecule has 1 aromatic rings. The van der Waals surface area contributed by atoms with E-state index in [9.17, 15) is 0 Å². The molecule has 0 atom stereocenters. The summed E-state index contributed by atoms with van der Waals surface area (Å²) in [5.74, 6) is 1.35. The molecule has 0 unspecified atom stereocenters. The molecule has 0 aliphatic carbocycles. The van der Waals surface area contributed by atoms with E-state index >= 15 is 0 Å². The normalized spacial score (nSPS) is 12.2. The van der Waals surface area contributed by atoms with Crippen molar-refractivity contribution in [3.63, 3.8) is 0 Å². The minimum Gasteiger partial charge on any atom is -0.319 e. The van der Waals surface area contributed by atoms with Crippen molar-refractivity contribution in [3.8, 4) is 0 Å². The van der Waals surface area contributed by atoms with Gasteiger partial charge in [-0.25, -0.2) is 4.98 Å². The topological polar surface area (TPSA) is 17.8 Å². The quantitative estimate of drug-likeness (QED) is 0.678. The van der Waals surface area contributed by atoms with Crippen molar-refractivity contribution in [2.45, 2.75) is 6.92 Å². The van der Waals surface area contributed by atoms with Gasteiger partial charge in [-0.15, -0.1) is 11.6 Å². The summed E-state index contributed by atoms with van der Waals surface area (Å²) in [6.07, 6.45) is 3.54. The Morgan fingerprint density at radius 2 is 2.42 bits per heavy atom. The Labute approximate surface area is 81.8 Å². The van der Waals surface area contributed by atoms with Gasteiger partial charge >= 0.3 is 0 Å². The fraction of sp³-hybridized carbons (Fsp3) is 0.375. The van der Waals surface area contributed by atoms with Gasteiger partial charge in [-0.3, -0.25) is 0 Å². The molecule has 1 aromatic heterocycles. The SMILES string of the molecule is C/C(=C/c1ncc(Cl)n1C)CCl. The second kappa shape index (κ2) is 3.97. The van der Waals surface area contributed by atoms with E-state index in [2.05, 4.69) is 4.98 Å². The zero-order valence-electron chi connectivity index (χ0n) is 7.01. The maximum Gasteiger partial charge on any atom is 0.133 e. The highest BCUT2D eigenvalue weighted by Gasteiger charge is 2.00. The lowest BCUT2D eigenvalue weighted by Crippen LogP contribution is -1.92. The summed E-state index contributed by atoms with van der Waals surface area (Å²) < 4.78 is 1.80. The summed E-state index contributed by atoms with van der Waals surface area (Å²) in [5.41, 5.74) is 1.07. The van der Waals surface area contributed by atoms with Crippen LogP contribution in [0.25, 0.3) is 6.08 Å². The van der Waals surface area contributed by atoms with Crippen molar-refractivity contribution < 1.29 is 0 Å². The molecule has 0 fully saturated rings. The first-order valence-electron chi connectivity index (χ1n) is 3.55. The standard InChI is InChI=1S/C8H10Cl2N2/c1-6(4-9)3-8-11-5-7(10)12(8)2/h3,5H,4H2,1-2H3/b6-3-. The predicted molar refractivity (Wildman–Crippen MR) is 52.6 cm³/mol. The molecule has 0 amide bonds. The molecule has 2 nitrogen and oxygen atoms in total. The van der Waals surface area contributed by atoms with Crippen LogP contribution in [0.15, 0.2) is 11.8 Å². The van der Waals surface area contributed by atoms with Crippen LogP contribution in [0, 0.1) is 0 Å². The third kappa shape index (κ3) is 2.02. The Hall–Kier alpha value is -0.470. The molecule has 0 aromatic carbocycles. The van der Waals surface area contributed by atoms with Crippen LogP contribution in [-0.2, 0) is 7.05 Å². The molecule has 0 N–H and O–H groups in total. The molecule has 1 rings (SSSR count). The molecule has 66 valence electrons. The highest BCUT2D eigenvalue weighted by Crippen LogP contribution is 2.12. The average molecular weight is 205 g/mol. The molecular formula is C8H10Cl2N2. The highest BCUT2D eigenvalue weighted by atomic mass is 35.5. The Bertz CT molecular complexity index is 302. The van der Waals surface area contributed by atoms with Crippen molar-refractivity contribution in [3.05, 3.63) is 22.7 Å². The molecule has 4 heteroatoms. The number of hydrogen-bond donors (Lipinski definition) is 0. The third-order valence-corrected chi connectivity index (χ3v) is 2.33. The first-order valence-corrected chi connectivity index (χ1v) is 4.46. The average Bonchev–Trinajstić information content (AvgIpc) is 2.36. The maximum atomic E-state index is 5.79. The lowest BCUT2D eigenvalue weighted by molar-refractivity contribution is 0.897. The van der Waals surface area contributed by atoms with Gasteiger partial charge in [-0.2, -0.15) is 0 Å². The van der Waals surface area contributed by atoms with Crippen LogP contribution < -0.4 is 0 Å². The summed E-state index contributed by atoms with van der Waals surface area (Å²) in [4.78, 5) is 4.10. The number of aromatic nitrogens is 2. The molecule has 0 aliphatic rings. The van der Waals surface area contributed by atoms with Gasteiger partial charge in [0.05, 0.1) is 6.20 Å². The second-order valence-corrected chi connectivity index (χ2v) is 3.28. The van der Waals surface area contributed by atoms with Crippen LogP contribution in [0.4, 0.5) is 0 Å². The van der Waals surface area contributed by atoms with Crippen molar-refractivity contribution in [2.24, 2.45) is 7.05 Å². The number of rotatable bonds is 2. The Morgan fingerprint density at radius 1 is 1.75 bits per heavy atom. The first kappa shape index (κ1) is 9.62. The molecule has 0 saturated heterocycles. The van der Waals surface area contributed by atoms with E-state index in [1.807, 2.05) is 20.0 Å². The minimum absolute atomic E-state index is 0.518. The summed E-state index contributed by atoms with van der Waals surface area (Å²) in [6, 6.07) is 0. The van der Waals surface area contributed by atoms with Gasteiger partial charge in [-0.05, 0) is 13.0 Å². The monoisotopic (exact) mass is 204 g/mol. The largest absolute Gasteiger partial charge is 0.319 e. The van der Waals surface area contributed by atoms with E-state index in [1.165, 1.54) is 0 Å². The van der Waals surface area contributed by atoms with Crippen LogP contribution >= 0.6 is 23.2 Å². The van der Waals surface area contributed by atoms with Crippen LogP contribution in [0.2, 0.25) is 5.15 Å². The summed E-state index contributed by atoms with van der Waals surface area (Å²) >= 11 is 11.4. The maximum absolute atomic E-state index is 5.79. The minimum atomic E-state index is 0.518. The molecule has 0 spiro atoms. The van der Waals surface area contributed by atoms with E-state index in [-0.39, 0.29) is 0 Å². The number of nitrogens with zero attached hydrogens (tertiary/aromatic N) is 2. The lowest BCUT2D eigenvalue weighted by Gasteiger charge is -1.97. The molecular weight excluding hydrogens is 195 g/mol. The smallest absolute Gasteiger partial charge is 0.133 e. The third-order valence-electron chi connectivity index (χ3n) is 1.55. The highest BCUT2D eigenvalue weighted by molar-refractivity contribution is 6.29. The summed E-state index contributed by atoms with van der Waals surface area (Å²) in [6.45, 7) is 1.95. The Kier molecular flexibility index (Phi) is 3.18. The van der Waals surface area contributed by atoms with Crippen molar-refractivity contribution in [1.82, 2.24) is 9.55 Å². The lowest BCUT2D eigenvalue weighted by atomic mass is 10.3. The van der Waals surface area contributed by atoms with E-state index in [1.54, 1.807) is 10.8 Å². The fourth-order valence-electron chi connectivity index (χ4n) is 0.795. The van der Waals surface area contributed by atoms with E-state index < -0.39 is 0 Å². The van der Waals surface area contributed by atoms with Crippen molar-refractivity contribution in [2.75, 3.05) is 5.88 Å². The van der Waals surface area contributed by atoms with Gasteiger partial charge in [0.25, 0.3) is 0 Å². The number of imidazole rings is 1. The molecule has 0 aliphatic heterocycles. The Morgan fingerprint density at radius 3 is 2.83 bits per heavy atom. The van der Waals surface area contributed by atoms with Gasteiger partial charge in [0, 0.05) is 12.9 Å². The molecule has 12 heavy (non-hydrogen) atoms. The zero-order valence-corrected chi connectivity index (χ0v) is 8.52. The number of hydrogen-bond acceptors (Lipinski definition) is 1. The van der Waals surface area contributed by atoms with E-state index in [4.69, 9.17) is 23.2 Å². The molecule has 0 radical (unpaired) electrons. The van der Waals surface area contributed by atoms with Crippen LogP contribution in [0.1, 0.15) is 12.7 Å². The molecule has 1 heterocycles. The van der Waals surface area contributed by atoms with E-state index in [0.29, 0.717) is 11.0 Å². The number of allylic oxidation sites excluding steroid dienone is 1. The van der Waals surface area contributed by atoms with Gasteiger partial charge < -0.3 is 4.57 Å². The second-order valence-electron chi connectivity index (χ2n) is 2.62. The Balaban J connectivity index is 2.97. The first-order chi connectivity index (χ1) is 5.65. The van der Waals surface area contributed by atoms with Crippen molar-refractivity contribution in [1.29, 1.82) is 0 Å². The van der Waals surface area contributed by atoms with Gasteiger partial charge in [-0.1, -0.05) is 17.2 Å². The summed E-state index contributed by atoms with van der Waals surface area (Å²) in [7, 11) is 1.86. The van der Waals surface area contributed by atoms with Gasteiger partial charge in [0.2, 0.25) is 0 Å². The van der Waals surface area contributed by atoms with Gasteiger partial charge in [0.1, 0.15) is 11.0 Å². The van der Waals surface area contributed by atoms with Gasteiger partial charge in [0.15, 0.2) is 0 Å².